The average Bonchev–Trinajstić information content (AvgIpc) is 3.26. The molecule has 110 valence electrons. The quantitative estimate of drug-likeness (QED) is 0.899. The normalized spacial score (nSPS) is 14.4. The predicted molar refractivity (Wildman–Crippen MR) is 80.8 cm³/mol. The van der Waals surface area contributed by atoms with E-state index in [4.69, 9.17) is 0 Å². The SMILES string of the molecule is Cc1cccc(-n2nc(CNC3CC3)c(O)cc2=O)c1C. The lowest BCUT2D eigenvalue weighted by atomic mass is 10.1. The lowest BCUT2D eigenvalue weighted by Gasteiger charge is -2.12. The molecule has 0 saturated heterocycles. The fourth-order valence-corrected chi connectivity index (χ4v) is 2.27. The fraction of sp³-hybridized carbons (Fsp3) is 0.375. The molecule has 1 aromatic heterocycles. The molecular weight excluding hydrogens is 266 g/mol. The Morgan fingerprint density at radius 2 is 2.14 bits per heavy atom. The molecule has 2 N–H and O–H groups in total. The summed E-state index contributed by atoms with van der Waals surface area (Å²) in [6.45, 7) is 4.44. The Labute approximate surface area is 123 Å². The van der Waals surface area contributed by atoms with E-state index in [1.165, 1.54) is 10.7 Å². The Balaban J connectivity index is 2.02. The highest BCUT2D eigenvalue weighted by atomic mass is 16.3. The van der Waals surface area contributed by atoms with Crippen molar-refractivity contribution in [3.63, 3.8) is 0 Å². The van der Waals surface area contributed by atoms with E-state index in [9.17, 15) is 9.90 Å². The van der Waals surface area contributed by atoms with Crippen molar-refractivity contribution in [2.24, 2.45) is 0 Å². The van der Waals surface area contributed by atoms with Crippen molar-refractivity contribution in [3.8, 4) is 11.4 Å². The zero-order valence-electron chi connectivity index (χ0n) is 12.3. The fourth-order valence-electron chi connectivity index (χ4n) is 2.27. The van der Waals surface area contributed by atoms with Crippen LogP contribution < -0.4 is 10.9 Å². The van der Waals surface area contributed by atoms with E-state index in [2.05, 4.69) is 10.4 Å². The summed E-state index contributed by atoms with van der Waals surface area (Å²) in [6.07, 6.45) is 2.33. The summed E-state index contributed by atoms with van der Waals surface area (Å²) in [5.41, 5.74) is 3.05. The number of rotatable bonds is 4. The van der Waals surface area contributed by atoms with Gasteiger partial charge in [0.2, 0.25) is 0 Å². The van der Waals surface area contributed by atoms with Crippen LogP contribution in [0.25, 0.3) is 5.69 Å². The highest BCUT2D eigenvalue weighted by molar-refractivity contribution is 5.44. The minimum Gasteiger partial charge on any atom is -0.506 e. The van der Waals surface area contributed by atoms with Crippen LogP contribution in [0.15, 0.2) is 29.1 Å². The number of aromatic hydroxyl groups is 1. The molecule has 5 heteroatoms. The number of hydrogen-bond acceptors (Lipinski definition) is 4. The van der Waals surface area contributed by atoms with Gasteiger partial charge in [0.25, 0.3) is 5.56 Å². The van der Waals surface area contributed by atoms with Crippen LogP contribution in [0.5, 0.6) is 5.75 Å². The van der Waals surface area contributed by atoms with Crippen LogP contribution in [0, 0.1) is 13.8 Å². The van der Waals surface area contributed by atoms with E-state index in [0.29, 0.717) is 18.3 Å². The van der Waals surface area contributed by atoms with Gasteiger partial charge in [0.05, 0.1) is 5.69 Å². The van der Waals surface area contributed by atoms with E-state index >= 15 is 0 Å². The van der Waals surface area contributed by atoms with Crippen molar-refractivity contribution in [2.45, 2.75) is 39.3 Å². The van der Waals surface area contributed by atoms with Crippen molar-refractivity contribution in [1.29, 1.82) is 0 Å². The molecule has 0 radical (unpaired) electrons. The molecule has 1 saturated carbocycles. The molecule has 1 heterocycles. The van der Waals surface area contributed by atoms with Crippen LogP contribution in [0.4, 0.5) is 0 Å². The third kappa shape index (κ3) is 2.83. The van der Waals surface area contributed by atoms with Gasteiger partial charge in [-0.25, -0.2) is 0 Å². The molecule has 0 unspecified atom stereocenters. The van der Waals surface area contributed by atoms with Gasteiger partial charge in [0.1, 0.15) is 11.4 Å². The van der Waals surface area contributed by atoms with Crippen molar-refractivity contribution >= 4 is 0 Å². The second-order valence-corrected chi connectivity index (χ2v) is 5.60. The Bertz CT molecular complexity index is 733. The first-order chi connectivity index (χ1) is 10.1. The molecule has 1 fully saturated rings. The van der Waals surface area contributed by atoms with Crippen LogP contribution >= 0.6 is 0 Å². The molecule has 1 aliphatic rings. The summed E-state index contributed by atoms with van der Waals surface area (Å²) in [4.78, 5) is 12.1. The molecule has 1 aliphatic carbocycles. The van der Waals surface area contributed by atoms with Crippen LogP contribution in [0.2, 0.25) is 0 Å². The Morgan fingerprint density at radius 3 is 2.86 bits per heavy atom. The lowest BCUT2D eigenvalue weighted by Crippen LogP contribution is -2.25. The number of aromatic nitrogens is 2. The van der Waals surface area contributed by atoms with Gasteiger partial charge in [0.15, 0.2) is 0 Å². The molecule has 2 aromatic rings. The van der Waals surface area contributed by atoms with Crippen molar-refractivity contribution < 1.29 is 5.11 Å². The first-order valence-electron chi connectivity index (χ1n) is 7.18. The van der Waals surface area contributed by atoms with Crippen LogP contribution in [0.1, 0.15) is 29.7 Å². The number of aryl methyl sites for hydroxylation is 1. The zero-order valence-corrected chi connectivity index (χ0v) is 12.3. The summed E-state index contributed by atoms with van der Waals surface area (Å²) in [7, 11) is 0. The lowest BCUT2D eigenvalue weighted by molar-refractivity contribution is 0.451. The summed E-state index contributed by atoms with van der Waals surface area (Å²) in [5.74, 6) is -0.0466. The number of nitrogens with zero attached hydrogens (tertiary/aromatic N) is 2. The van der Waals surface area contributed by atoms with Crippen LogP contribution in [0.3, 0.4) is 0 Å². The molecule has 3 rings (SSSR count). The minimum absolute atomic E-state index is 0.0466. The maximum absolute atomic E-state index is 12.1. The zero-order chi connectivity index (χ0) is 15.0. The third-order valence-electron chi connectivity index (χ3n) is 3.93. The van der Waals surface area contributed by atoms with E-state index in [-0.39, 0.29) is 11.3 Å². The Kier molecular flexibility index (Phi) is 3.51. The maximum atomic E-state index is 12.1. The summed E-state index contributed by atoms with van der Waals surface area (Å²) >= 11 is 0. The standard InChI is InChI=1S/C16H19N3O2/c1-10-4-3-5-14(11(10)2)19-16(21)8-15(20)13(18-19)9-17-12-6-7-12/h3-5,8,12,17,20H,6-7,9H2,1-2H3. The van der Waals surface area contributed by atoms with Crippen LogP contribution in [-0.2, 0) is 6.54 Å². The molecule has 0 spiro atoms. The maximum Gasteiger partial charge on any atom is 0.275 e. The third-order valence-corrected chi connectivity index (χ3v) is 3.93. The van der Waals surface area contributed by atoms with E-state index in [0.717, 1.165) is 29.7 Å². The van der Waals surface area contributed by atoms with E-state index in [1.54, 1.807) is 0 Å². The van der Waals surface area contributed by atoms with Gasteiger partial charge in [-0.1, -0.05) is 12.1 Å². The second-order valence-electron chi connectivity index (χ2n) is 5.60. The molecular formula is C16H19N3O2. The summed E-state index contributed by atoms with van der Waals surface area (Å²) in [5, 5.41) is 17.5. The smallest absolute Gasteiger partial charge is 0.275 e. The van der Waals surface area contributed by atoms with Gasteiger partial charge >= 0.3 is 0 Å². The molecule has 5 nitrogen and oxygen atoms in total. The average molecular weight is 285 g/mol. The first-order valence-corrected chi connectivity index (χ1v) is 7.18. The second kappa shape index (κ2) is 5.33. The van der Waals surface area contributed by atoms with Gasteiger partial charge in [0, 0.05) is 18.7 Å². The molecule has 0 aliphatic heterocycles. The minimum atomic E-state index is -0.323. The molecule has 21 heavy (non-hydrogen) atoms. The van der Waals surface area contributed by atoms with Crippen molar-refractivity contribution in [1.82, 2.24) is 15.1 Å². The summed E-state index contributed by atoms with van der Waals surface area (Å²) in [6, 6.07) is 7.53. The molecule has 0 atom stereocenters. The van der Waals surface area contributed by atoms with Gasteiger partial charge in [-0.15, -0.1) is 0 Å². The largest absolute Gasteiger partial charge is 0.506 e. The number of benzene rings is 1. The summed E-state index contributed by atoms with van der Waals surface area (Å²) < 4.78 is 1.37. The number of hydrogen-bond donors (Lipinski definition) is 2. The van der Waals surface area contributed by atoms with Gasteiger partial charge < -0.3 is 10.4 Å². The topological polar surface area (TPSA) is 67.2 Å². The number of nitrogens with one attached hydrogen (secondary N) is 1. The molecule has 0 amide bonds. The first kappa shape index (κ1) is 13.8. The molecule has 0 bridgehead atoms. The van der Waals surface area contributed by atoms with Gasteiger partial charge in [-0.2, -0.15) is 9.78 Å². The monoisotopic (exact) mass is 285 g/mol. The highest BCUT2D eigenvalue weighted by Crippen LogP contribution is 2.21. The van der Waals surface area contributed by atoms with Gasteiger partial charge in [-0.05, 0) is 43.9 Å². The van der Waals surface area contributed by atoms with E-state index < -0.39 is 0 Å². The van der Waals surface area contributed by atoms with Gasteiger partial charge in [-0.3, -0.25) is 4.79 Å². The van der Waals surface area contributed by atoms with E-state index in [1.807, 2.05) is 32.0 Å². The van der Waals surface area contributed by atoms with Crippen molar-refractivity contribution in [3.05, 3.63) is 51.4 Å². The highest BCUT2D eigenvalue weighted by Gasteiger charge is 2.21. The Hall–Kier alpha value is -2.14. The molecule has 1 aromatic carbocycles. The van der Waals surface area contributed by atoms with Crippen molar-refractivity contribution in [2.75, 3.05) is 0 Å². The predicted octanol–water partition coefficient (Wildman–Crippen LogP) is 1.81. The van der Waals surface area contributed by atoms with Crippen LogP contribution in [-0.4, -0.2) is 20.9 Å². The Morgan fingerprint density at radius 1 is 1.38 bits per heavy atom.